The van der Waals surface area contributed by atoms with Crippen LogP contribution in [0.25, 0.3) is 0 Å². The molecule has 2 aromatic rings. The second-order valence-electron chi connectivity index (χ2n) is 4.61. The van der Waals surface area contributed by atoms with E-state index in [9.17, 15) is 9.90 Å². The van der Waals surface area contributed by atoms with Crippen LogP contribution in [0.3, 0.4) is 0 Å². The monoisotopic (exact) mass is 302 g/mol. The van der Waals surface area contributed by atoms with Crippen molar-refractivity contribution in [3.05, 3.63) is 42.5 Å². The SMILES string of the molecule is COc1cc(NC(=O)N(C)c2ccc(O)cc2)cc(OC)c1. The summed E-state index contributed by atoms with van der Waals surface area (Å²) in [7, 11) is 4.73. The Morgan fingerprint density at radius 3 is 2.09 bits per heavy atom. The van der Waals surface area contributed by atoms with E-state index < -0.39 is 0 Å². The molecule has 0 bridgehead atoms. The number of carbonyl (C=O) groups is 1. The number of aromatic hydroxyl groups is 1. The Balaban J connectivity index is 2.15. The van der Waals surface area contributed by atoms with Crippen LogP contribution in [-0.2, 0) is 0 Å². The molecular formula is C16H18N2O4. The van der Waals surface area contributed by atoms with E-state index in [1.165, 1.54) is 17.0 Å². The molecule has 2 rings (SSSR count). The van der Waals surface area contributed by atoms with E-state index in [2.05, 4.69) is 5.32 Å². The highest BCUT2D eigenvalue weighted by Gasteiger charge is 2.12. The van der Waals surface area contributed by atoms with Gasteiger partial charge in [-0.25, -0.2) is 4.79 Å². The molecular weight excluding hydrogens is 284 g/mol. The van der Waals surface area contributed by atoms with Gasteiger partial charge in [-0.1, -0.05) is 0 Å². The van der Waals surface area contributed by atoms with E-state index in [1.807, 2.05) is 0 Å². The standard InChI is InChI=1S/C16H18N2O4/c1-18(12-4-6-13(19)7-5-12)16(20)17-11-8-14(21-2)10-15(9-11)22-3/h4-10,19H,1-3H3,(H,17,20). The van der Waals surface area contributed by atoms with Crippen molar-refractivity contribution in [3.63, 3.8) is 0 Å². The highest BCUT2D eigenvalue weighted by atomic mass is 16.5. The zero-order valence-corrected chi connectivity index (χ0v) is 12.7. The van der Waals surface area contributed by atoms with E-state index >= 15 is 0 Å². The maximum Gasteiger partial charge on any atom is 0.326 e. The first-order valence-corrected chi connectivity index (χ1v) is 6.60. The highest BCUT2D eigenvalue weighted by Crippen LogP contribution is 2.26. The molecule has 22 heavy (non-hydrogen) atoms. The van der Waals surface area contributed by atoms with E-state index in [4.69, 9.17) is 9.47 Å². The number of nitrogens with one attached hydrogen (secondary N) is 1. The minimum absolute atomic E-state index is 0.148. The van der Waals surface area contributed by atoms with E-state index in [0.717, 1.165) is 0 Å². The summed E-state index contributed by atoms with van der Waals surface area (Å²) in [5, 5.41) is 12.0. The predicted octanol–water partition coefficient (Wildman–Crippen LogP) is 3.08. The molecule has 0 heterocycles. The average Bonchev–Trinajstić information content (AvgIpc) is 2.54. The second kappa shape index (κ2) is 6.71. The van der Waals surface area contributed by atoms with Crippen LogP contribution in [0.15, 0.2) is 42.5 Å². The molecule has 0 atom stereocenters. The Bertz CT molecular complexity index is 633. The molecule has 0 aliphatic heterocycles. The topological polar surface area (TPSA) is 71.0 Å². The van der Waals surface area contributed by atoms with Crippen molar-refractivity contribution < 1.29 is 19.4 Å². The molecule has 0 aliphatic rings. The number of phenolic OH excluding ortho intramolecular Hbond substituents is 1. The van der Waals surface area contributed by atoms with Gasteiger partial charge in [0.15, 0.2) is 0 Å². The molecule has 0 aromatic heterocycles. The number of rotatable bonds is 4. The van der Waals surface area contributed by atoms with Crippen molar-refractivity contribution in [3.8, 4) is 17.2 Å². The molecule has 116 valence electrons. The summed E-state index contributed by atoms with van der Waals surface area (Å²) in [5.74, 6) is 1.32. The Labute approximate surface area is 128 Å². The molecule has 6 nitrogen and oxygen atoms in total. The van der Waals surface area contributed by atoms with Crippen LogP contribution in [0, 0.1) is 0 Å². The molecule has 0 saturated heterocycles. The van der Waals surface area contributed by atoms with Gasteiger partial charge >= 0.3 is 6.03 Å². The molecule has 0 saturated carbocycles. The smallest absolute Gasteiger partial charge is 0.326 e. The minimum atomic E-state index is -0.319. The van der Waals surface area contributed by atoms with Gasteiger partial charge in [0.1, 0.15) is 17.2 Å². The van der Waals surface area contributed by atoms with Gasteiger partial charge in [-0.2, -0.15) is 0 Å². The quantitative estimate of drug-likeness (QED) is 0.910. The second-order valence-corrected chi connectivity index (χ2v) is 4.61. The number of ether oxygens (including phenoxy) is 2. The van der Waals surface area contributed by atoms with Crippen LogP contribution >= 0.6 is 0 Å². The van der Waals surface area contributed by atoms with Crippen molar-refractivity contribution in [2.24, 2.45) is 0 Å². The van der Waals surface area contributed by atoms with Gasteiger partial charge in [0.05, 0.1) is 14.2 Å². The van der Waals surface area contributed by atoms with Gasteiger partial charge in [-0.15, -0.1) is 0 Å². The van der Waals surface area contributed by atoms with Crippen LogP contribution in [-0.4, -0.2) is 32.4 Å². The molecule has 0 aliphatic carbocycles. The van der Waals surface area contributed by atoms with Crippen molar-refractivity contribution in [1.82, 2.24) is 0 Å². The number of anilines is 2. The van der Waals surface area contributed by atoms with Crippen molar-refractivity contribution >= 4 is 17.4 Å². The zero-order valence-electron chi connectivity index (χ0n) is 12.7. The first-order chi connectivity index (χ1) is 10.5. The lowest BCUT2D eigenvalue weighted by molar-refractivity contribution is 0.258. The summed E-state index contributed by atoms with van der Waals surface area (Å²) < 4.78 is 10.3. The number of phenols is 1. The fraction of sp³-hybridized carbons (Fsp3) is 0.188. The maximum atomic E-state index is 12.3. The Morgan fingerprint density at radius 2 is 1.59 bits per heavy atom. The Hall–Kier alpha value is -2.89. The number of benzene rings is 2. The summed E-state index contributed by atoms with van der Waals surface area (Å²) in [6.45, 7) is 0. The van der Waals surface area contributed by atoms with Gasteiger partial charge in [-0.05, 0) is 24.3 Å². The van der Waals surface area contributed by atoms with E-state index in [0.29, 0.717) is 22.9 Å². The summed E-state index contributed by atoms with van der Waals surface area (Å²) in [4.78, 5) is 13.7. The number of carbonyl (C=O) groups excluding carboxylic acids is 1. The van der Waals surface area contributed by atoms with Crippen LogP contribution in [0.5, 0.6) is 17.2 Å². The number of urea groups is 1. The van der Waals surface area contributed by atoms with Crippen LogP contribution < -0.4 is 19.7 Å². The third kappa shape index (κ3) is 3.60. The summed E-state index contributed by atoms with van der Waals surface area (Å²) in [6, 6.07) is 11.2. The molecule has 2 amide bonds. The van der Waals surface area contributed by atoms with Crippen LogP contribution in [0.1, 0.15) is 0 Å². The van der Waals surface area contributed by atoms with Gasteiger partial charge in [-0.3, -0.25) is 4.90 Å². The average molecular weight is 302 g/mol. The van der Waals surface area contributed by atoms with E-state index in [-0.39, 0.29) is 11.8 Å². The number of nitrogens with zero attached hydrogens (tertiary/aromatic N) is 1. The lowest BCUT2D eigenvalue weighted by Gasteiger charge is -2.18. The lowest BCUT2D eigenvalue weighted by atomic mass is 10.2. The third-order valence-electron chi connectivity index (χ3n) is 3.14. The first kappa shape index (κ1) is 15.5. The molecule has 0 unspecified atom stereocenters. The van der Waals surface area contributed by atoms with Crippen molar-refractivity contribution in [2.75, 3.05) is 31.5 Å². The van der Waals surface area contributed by atoms with Crippen molar-refractivity contribution in [2.45, 2.75) is 0 Å². The molecule has 0 radical (unpaired) electrons. The van der Waals surface area contributed by atoms with Gasteiger partial charge in [0, 0.05) is 36.6 Å². The van der Waals surface area contributed by atoms with Crippen LogP contribution in [0.2, 0.25) is 0 Å². The molecule has 0 spiro atoms. The number of hydrogen-bond donors (Lipinski definition) is 2. The summed E-state index contributed by atoms with van der Waals surface area (Å²) >= 11 is 0. The number of amides is 2. The lowest BCUT2D eigenvalue weighted by Crippen LogP contribution is -2.31. The largest absolute Gasteiger partial charge is 0.508 e. The maximum absolute atomic E-state index is 12.3. The fourth-order valence-corrected chi connectivity index (χ4v) is 1.88. The summed E-state index contributed by atoms with van der Waals surface area (Å²) in [5.41, 5.74) is 1.22. The Morgan fingerprint density at radius 1 is 1.05 bits per heavy atom. The fourth-order valence-electron chi connectivity index (χ4n) is 1.88. The Kier molecular flexibility index (Phi) is 4.73. The molecule has 2 N–H and O–H groups in total. The normalized spacial score (nSPS) is 9.95. The van der Waals surface area contributed by atoms with Crippen LogP contribution in [0.4, 0.5) is 16.2 Å². The number of methoxy groups -OCH3 is 2. The van der Waals surface area contributed by atoms with Crippen molar-refractivity contribution in [1.29, 1.82) is 0 Å². The number of hydrogen-bond acceptors (Lipinski definition) is 4. The highest BCUT2D eigenvalue weighted by molar-refractivity contribution is 6.01. The summed E-state index contributed by atoms with van der Waals surface area (Å²) in [6.07, 6.45) is 0. The first-order valence-electron chi connectivity index (χ1n) is 6.60. The minimum Gasteiger partial charge on any atom is -0.508 e. The van der Waals surface area contributed by atoms with E-state index in [1.54, 1.807) is 51.6 Å². The van der Waals surface area contributed by atoms with Gasteiger partial charge < -0.3 is 19.9 Å². The van der Waals surface area contributed by atoms with Gasteiger partial charge in [0.25, 0.3) is 0 Å². The third-order valence-corrected chi connectivity index (χ3v) is 3.14. The zero-order chi connectivity index (χ0) is 16.1. The van der Waals surface area contributed by atoms with Gasteiger partial charge in [0.2, 0.25) is 0 Å². The predicted molar refractivity (Wildman–Crippen MR) is 85.1 cm³/mol. The molecule has 6 heteroatoms. The molecule has 2 aromatic carbocycles. The molecule has 0 fully saturated rings.